The minimum absolute atomic E-state index is 0.0902. The summed E-state index contributed by atoms with van der Waals surface area (Å²) in [6, 6.07) is 0. The predicted octanol–water partition coefficient (Wildman–Crippen LogP) is 1.26. The molecule has 0 saturated heterocycles. The van der Waals surface area contributed by atoms with Crippen LogP contribution in [-0.2, 0) is 4.74 Å². The number of aliphatic hydroxyl groups excluding tert-OH is 1. The van der Waals surface area contributed by atoms with Gasteiger partial charge in [0, 0.05) is 0 Å². The van der Waals surface area contributed by atoms with Crippen LogP contribution in [0.5, 0.6) is 0 Å². The largest absolute Gasteiger partial charge is 0.392 e. The van der Waals surface area contributed by atoms with Crippen molar-refractivity contribution in [3.63, 3.8) is 0 Å². The van der Waals surface area contributed by atoms with Crippen LogP contribution in [0.1, 0.15) is 6.92 Å². The molecule has 0 rings (SSSR count). The zero-order chi connectivity index (χ0) is 7.82. The zero-order valence-corrected chi connectivity index (χ0v) is 7.23. The van der Waals surface area contributed by atoms with E-state index < -0.39 is 0 Å². The van der Waals surface area contributed by atoms with Gasteiger partial charge in [0.1, 0.15) is 0 Å². The van der Waals surface area contributed by atoms with E-state index in [4.69, 9.17) is 9.84 Å². The van der Waals surface area contributed by atoms with Gasteiger partial charge in [0.2, 0.25) is 0 Å². The highest BCUT2D eigenvalue weighted by molar-refractivity contribution is 7.98. The summed E-state index contributed by atoms with van der Waals surface area (Å²) >= 11 is 1.64. The van der Waals surface area contributed by atoms with E-state index >= 15 is 0 Å². The number of hydrogen-bond donors (Lipinski definition) is 1. The summed E-state index contributed by atoms with van der Waals surface area (Å²) in [5, 5.41) is 8.39. The Morgan fingerprint density at radius 1 is 1.70 bits per heavy atom. The van der Waals surface area contributed by atoms with Crippen LogP contribution in [-0.4, -0.2) is 30.0 Å². The van der Waals surface area contributed by atoms with Crippen LogP contribution in [0.15, 0.2) is 12.2 Å². The Labute approximate surface area is 66.3 Å². The number of ether oxygens (including phenoxy) is 1. The molecular formula is C7H14O2S. The summed E-state index contributed by atoms with van der Waals surface area (Å²) in [6.07, 6.45) is 5.63. The van der Waals surface area contributed by atoms with E-state index in [1.807, 2.05) is 19.3 Å². The average molecular weight is 162 g/mol. The molecule has 0 fully saturated rings. The Kier molecular flexibility index (Phi) is 7.13. The maximum absolute atomic E-state index is 8.39. The van der Waals surface area contributed by atoms with Gasteiger partial charge in [0.15, 0.2) is 0 Å². The molecule has 0 aliphatic rings. The maximum atomic E-state index is 8.39. The van der Waals surface area contributed by atoms with Gasteiger partial charge in [-0.1, -0.05) is 12.2 Å². The van der Waals surface area contributed by atoms with Crippen LogP contribution >= 0.6 is 11.8 Å². The Hall–Kier alpha value is 0.01000. The van der Waals surface area contributed by atoms with Gasteiger partial charge in [-0.15, -0.1) is 11.8 Å². The van der Waals surface area contributed by atoms with Gasteiger partial charge >= 0.3 is 0 Å². The van der Waals surface area contributed by atoms with Crippen molar-refractivity contribution >= 4 is 11.8 Å². The molecule has 0 amide bonds. The highest BCUT2D eigenvalue weighted by Crippen LogP contribution is 1.98. The van der Waals surface area contributed by atoms with Crippen molar-refractivity contribution in [2.24, 2.45) is 0 Å². The SMILES string of the molecule is CSCO[C@@H](C)/C=C/CO. The molecule has 0 aromatic heterocycles. The lowest BCUT2D eigenvalue weighted by molar-refractivity contribution is 0.141. The van der Waals surface area contributed by atoms with Gasteiger partial charge in [0.05, 0.1) is 18.6 Å². The maximum Gasteiger partial charge on any atom is 0.0926 e. The van der Waals surface area contributed by atoms with Crippen molar-refractivity contribution in [1.82, 2.24) is 0 Å². The van der Waals surface area contributed by atoms with Gasteiger partial charge in [0.25, 0.3) is 0 Å². The van der Waals surface area contributed by atoms with Gasteiger partial charge < -0.3 is 9.84 Å². The van der Waals surface area contributed by atoms with Gasteiger partial charge in [-0.25, -0.2) is 0 Å². The fraction of sp³-hybridized carbons (Fsp3) is 0.714. The topological polar surface area (TPSA) is 29.5 Å². The Morgan fingerprint density at radius 3 is 2.90 bits per heavy atom. The van der Waals surface area contributed by atoms with E-state index in [0.29, 0.717) is 5.94 Å². The fourth-order valence-electron chi connectivity index (χ4n) is 0.483. The number of aliphatic hydroxyl groups is 1. The zero-order valence-electron chi connectivity index (χ0n) is 6.41. The Morgan fingerprint density at radius 2 is 2.40 bits per heavy atom. The molecule has 0 spiro atoms. The fourth-order valence-corrected chi connectivity index (χ4v) is 0.834. The molecule has 1 N–H and O–H groups in total. The van der Waals surface area contributed by atoms with Crippen molar-refractivity contribution in [2.75, 3.05) is 18.8 Å². The molecule has 0 aromatic rings. The number of thioether (sulfide) groups is 1. The average Bonchev–Trinajstić information content (AvgIpc) is 1.97. The number of hydrogen-bond acceptors (Lipinski definition) is 3. The third-order valence-corrected chi connectivity index (χ3v) is 1.33. The van der Waals surface area contributed by atoms with E-state index in [0.717, 1.165) is 0 Å². The van der Waals surface area contributed by atoms with Crippen molar-refractivity contribution in [3.8, 4) is 0 Å². The smallest absolute Gasteiger partial charge is 0.0926 e. The lowest BCUT2D eigenvalue weighted by Crippen LogP contribution is -2.03. The standard InChI is InChI=1S/C7H14O2S/c1-7(4-3-5-8)9-6-10-2/h3-4,7-8H,5-6H2,1-2H3/b4-3+/t7-/m0/s1. The second-order valence-electron chi connectivity index (χ2n) is 1.89. The molecule has 0 aliphatic heterocycles. The first-order valence-corrected chi connectivity index (χ1v) is 4.58. The molecular weight excluding hydrogens is 148 g/mol. The van der Waals surface area contributed by atoms with E-state index in [-0.39, 0.29) is 12.7 Å². The molecule has 0 heterocycles. The molecule has 10 heavy (non-hydrogen) atoms. The van der Waals surface area contributed by atoms with Crippen LogP contribution < -0.4 is 0 Å². The first-order valence-electron chi connectivity index (χ1n) is 3.19. The van der Waals surface area contributed by atoms with Crippen molar-refractivity contribution in [3.05, 3.63) is 12.2 Å². The third kappa shape index (κ3) is 6.13. The van der Waals surface area contributed by atoms with Crippen molar-refractivity contribution in [2.45, 2.75) is 13.0 Å². The molecule has 0 aromatic carbocycles. The molecule has 0 unspecified atom stereocenters. The Bertz CT molecular complexity index is 93.6. The van der Waals surface area contributed by atoms with Gasteiger partial charge in [-0.05, 0) is 13.2 Å². The second kappa shape index (κ2) is 7.12. The summed E-state index contributed by atoms with van der Waals surface area (Å²) in [5.41, 5.74) is 0. The second-order valence-corrected chi connectivity index (χ2v) is 2.70. The summed E-state index contributed by atoms with van der Waals surface area (Å²) in [5.74, 6) is 0.705. The third-order valence-electron chi connectivity index (χ3n) is 0.961. The van der Waals surface area contributed by atoms with E-state index in [1.54, 1.807) is 17.8 Å². The van der Waals surface area contributed by atoms with Gasteiger partial charge in [-0.2, -0.15) is 0 Å². The Balaban J connectivity index is 3.24. The molecule has 0 radical (unpaired) electrons. The molecule has 0 aliphatic carbocycles. The highest BCUT2D eigenvalue weighted by atomic mass is 32.2. The first kappa shape index (κ1) is 10.0. The monoisotopic (exact) mass is 162 g/mol. The normalized spacial score (nSPS) is 14.3. The summed E-state index contributed by atoms with van der Waals surface area (Å²) in [7, 11) is 0. The van der Waals surface area contributed by atoms with Crippen molar-refractivity contribution in [1.29, 1.82) is 0 Å². The molecule has 2 nitrogen and oxygen atoms in total. The lowest BCUT2D eigenvalue weighted by Gasteiger charge is -2.05. The molecule has 0 bridgehead atoms. The van der Waals surface area contributed by atoms with Crippen LogP contribution in [0.4, 0.5) is 0 Å². The van der Waals surface area contributed by atoms with Gasteiger partial charge in [-0.3, -0.25) is 0 Å². The molecule has 0 saturated carbocycles. The number of rotatable bonds is 5. The van der Waals surface area contributed by atoms with Crippen LogP contribution in [0.2, 0.25) is 0 Å². The quantitative estimate of drug-likeness (QED) is 0.487. The summed E-state index contributed by atoms with van der Waals surface area (Å²) in [6.45, 7) is 2.04. The van der Waals surface area contributed by atoms with Crippen molar-refractivity contribution < 1.29 is 9.84 Å². The molecule has 60 valence electrons. The predicted molar refractivity (Wildman–Crippen MR) is 45.2 cm³/mol. The first-order chi connectivity index (χ1) is 4.81. The van der Waals surface area contributed by atoms with Crippen LogP contribution in [0.25, 0.3) is 0 Å². The minimum Gasteiger partial charge on any atom is -0.392 e. The highest BCUT2D eigenvalue weighted by Gasteiger charge is 1.92. The van der Waals surface area contributed by atoms with Crippen LogP contribution in [0.3, 0.4) is 0 Å². The van der Waals surface area contributed by atoms with E-state index in [9.17, 15) is 0 Å². The van der Waals surface area contributed by atoms with Crippen LogP contribution in [0, 0.1) is 0 Å². The van der Waals surface area contributed by atoms with E-state index in [2.05, 4.69) is 0 Å². The summed E-state index contributed by atoms with van der Waals surface area (Å²) in [4.78, 5) is 0. The lowest BCUT2D eigenvalue weighted by atomic mass is 10.3. The summed E-state index contributed by atoms with van der Waals surface area (Å²) < 4.78 is 5.26. The molecule has 3 heteroatoms. The molecule has 1 atom stereocenters. The van der Waals surface area contributed by atoms with E-state index in [1.165, 1.54) is 0 Å². The minimum atomic E-state index is 0.0902.